The van der Waals surface area contributed by atoms with Crippen LogP contribution in [0.1, 0.15) is 44.0 Å². The molecule has 0 amide bonds. The third-order valence-electron chi connectivity index (χ3n) is 8.42. The van der Waals surface area contributed by atoms with E-state index < -0.39 is 12.9 Å². The van der Waals surface area contributed by atoms with E-state index in [0.29, 0.717) is 10.5 Å². The first-order valence-corrected chi connectivity index (χ1v) is 16.8. The van der Waals surface area contributed by atoms with Gasteiger partial charge >= 0.3 is 0 Å². The molecule has 5 aromatic carbocycles. The molecular weight excluding hydrogens is 519 g/mol. The molecule has 2 unspecified atom stereocenters. The maximum atomic E-state index is 6.90. The fraction of sp³-hybridized carbons (Fsp3) is 0.189. The molecule has 0 fully saturated rings. The number of hydrogen-bond acceptors (Lipinski definition) is 1. The molecular formula is C37H40OPSi+. The third-order valence-corrected chi connectivity index (χ3v) is 13.9. The van der Waals surface area contributed by atoms with Crippen LogP contribution in [0.4, 0.5) is 0 Å². The Morgan fingerprint density at radius 2 is 0.900 bits per heavy atom. The first kappa shape index (κ1) is 28.2. The Balaban J connectivity index is 1.90. The van der Waals surface area contributed by atoms with Crippen molar-refractivity contribution in [3.63, 3.8) is 0 Å². The van der Waals surface area contributed by atoms with Crippen molar-refractivity contribution in [1.29, 1.82) is 0 Å². The van der Waals surface area contributed by atoms with Gasteiger partial charge in [0.25, 0.3) is 0 Å². The molecule has 0 bridgehead atoms. The van der Waals surface area contributed by atoms with Gasteiger partial charge in [-0.25, -0.2) is 0 Å². The molecule has 0 heterocycles. The van der Waals surface area contributed by atoms with Crippen LogP contribution in [0.3, 0.4) is 0 Å². The van der Waals surface area contributed by atoms with E-state index >= 15 is 0 Å². The molecule has 0 saturated heterocycles. The summed E-state index contributed by atoms with van der Waals surface area (Å²) < 4.78 is 6.90. The minimum atomic E-state index is -2.25. The Bertz CT molecular complexity index is 1370. The molecule has 202 valence electrons. The van der Waals surface area contributed by atoms with Gasteiger partial charge in [-0.1, -0.05) is 136 Å². The lowest BCUT2D eigenvalue weighted by molar-refractivity contribution is -0.0414. The molecule has 0 N–H and O–H groups in total. The van der Waals surface area contributed by atoms with E-state index in [2.05, 4.69) is 172 Å². The SMILES string of the molecule is CC(C)(C)C(CC(c1ccccc1)[P+](c1ccccc1)(c1ccccc1)c1ccccc1)(O[SiH3])c1ccccc1. The van der Waals surface area contributed by atoms with Crippen LogP contribution in [-0.4, -0.2) is 10.5 Å². The van der Waals surface area contributed by atoms with Crippen molar-refractivity contribution in [2.24, 2.45) is 5.41 Å². The van der Waals surface area contributed by atoms with Crippen LogP contribution >= 0.6 is 7.26 Å². The molecule has 1 nitrogen and oxygen atoms in total. The van der Waals surface area contributed by atoms with Gasteiger partial charge in [0.05, 0.1) is 5.60 Å². The van der Waals surface area contributed by atoms with Gasteiger partial charge in [0.15, 0.2) is 0 Å². The number of rotatable bonds is 9. The molecule has 0 spiro atoms. The van der Waals surface area contributed by atoms with Gasteiger partial charge in [0.1, 0.15) is 39.3 Å². The van der Waals surface area contributed by atoms with Crippen LogP contribution in [0, 0.1) is 5.41 Å². The van der Waals surface area contributed by atoms with Crippen LogP contribution in [0.5, 0.6) is 0 Å². The van der Waals surface area contributed by atoms with Gasteiger partial charge in [0, 0.05) is 6.42 Å². The second kappa shape index (κ2) is 12.1. The smallest absolute Gasteiger partial charge is 0.147 e. The highest BCUT2D eigenvalue weighted by atomic mass is 31.2. The molecule has 0 aromatic heterocycles. The van der Waals surface area contributed by atoms with Crippen LogP contribution < -0.4 is 15.9 Å². The second-order valence-electron chi connectivity index (χ2n) is 11.5. The van der Waals surface area contributed by atoms with Crippen LogP contribution in [0.15, 0.2) is 152 Å². The summed E-state index contributed by atoms with van der Waals surface area (Å²) in [7, 11) is -1.61. The maximum Gasteiger partial charge on any atom is 0.147 e. The zero-order chi connectivity index (χ0) is 28.1. The highest BCUT2D eigenvalue weighted by Gasteiger charge is 2.57. The second-order valence-corrected chi connectivity index (χ2v) is 15.5. The van der Waals surface area contributed by atoms with Crippen molar-refractivity contribution in [2.45, 2.75) is 38.5 Å². The van der Waals surface area contributed by atoms with Gasteiger partial charge in [-0.05, 0) is 52.9 Å². The Kier molecular flexibility index (Phi) is 8.52. The zero-order valence-corrected chi connectivity index (χ0v) is 27.0. The van der Waals surface area contributed by atoms with Gasteiger partial charge in [-0.15, -0.1) is 0 Å². The van der Waals surface area contributed by atoms with E-state index in [-0.39, 0.29) is 11.1 Å². The fourth-order valence-corrected chi connectivity index (χ4v) is 12.5. The van der Waals surface area contributed by atoms with Crippen molar-refractivity contribution >= 4 is 33.7 Å². The Labute approximate surface area is 244 Å². The predicted molar refractivity (Wildman–Crippen MR) is 178 cm³/mol. The molecule has 0 aliphatic rings. The average Bonchev–Trinajstić information content (AvgIpc) is 3.01. The highest BCUT2D eigenvalue weighted by molar-refractivity contribution is 7.96. The molecule has 5 rings (SSSR count). The lowest BCUT2D eigenvalue weighted by atomic mass is 9.69. The average molecular weight is 560 g/mol. The summed E-state index contributed by atoms with van der Waals surface area (Å²) in [5.74, 6) is 0. The van der Waals surface area contributed by atoms with E-state index in [4.69, 9.17) is 4.43 Å². The summed E-state index contributed by atoms with van der Waals surface area (Å²) in [4.78, 5) is 0. The lowest BCUT2D eigenvalue weighted by Crippen LogP contribution is -2.46. The number of benzene rings is 5. The minimum absolute atomic E-state index is 0.136. The molecule has 0 aliphatic carbocycles. The summed E-state index contributed by atoms with van der Waals surface area (Å²) in [5, 5.41) is 4.18. The van der Waals surface area contributed by atoms with Crippen molar-refractivity contribution in [3.05, 3.63) is 163 Å². The largest absolute Gasteiger partial charge is 0.418 e. The van der Waals surface area contributed by atoms with E-state index in [0.717, 1.165) is 6.42 Å². The quantitative estimate of drug-likeness (QED) is 0.136. The number of hydrogen-bond donors (Lipinski definition) is 0. The molecule has 0 saturated carbocycles. The van der Waals surface area contributed by atoms with Gasteiger partial charge in [-0.3, -0.25) is 0 Å². The Morgan fingerprint density at radius 1 is 0.550 bits per heavy atom. The Morgan fingerprint density at radius 3 is 1.25 bits per heavy atom. The normalized spacial score (nSPS) is 14.4. The molecule has 0 radical (unpaired) electrons. The predicted octanol–water partition coefficient (Wildman–Crippen LogP) is 7.35. The van der Waals surface area contributed by atoms with E-state index in [1.807, 2.05) is 0 Å². The molecule has 5 aromatic rings. The topological polar surface area (TPSA) is 9.23 Å². The summed E-state index contributed by atoms with van der Waals surface area (Å²) in [6.45, 7) is 7.02. The highest BCUT2D eigenvalue weighted by Crippen LogP contribution is 2.70. The van der Waals surface area contributed by atoms with Gasteiger partial charge in [-0.2, -0.15) is 0 Å². The molecule has 2 atom stereocenters. The molecule has 40 heavy (non-hydrogen) atoms. The monoisotopic (exact) mass is 559 g/mol. The standard InChI is InChI=1S/C37H40OPSi/c1-36(2,3)37(38-40,31-21-11-5-12-22-31)29-35(30-19-9-4-10-20-30)39(32-23-13-6-14-24-32,33-25-15-7-16-26-33)34-27-17-8-18-28-34/h4-28,35H,29H2,1-3,40H3/q+1. The first-order valence-electron chi connectivity index (χ1n) is 14.1. The third kappa shape index (κ3) is 5.13. The molecule has 0 aliphatic heterocycles. The fourth-order valence-electron chi connectivity index (χ4n) is 6.47. The summed E-state index contributed by atoms with van der Waals surface area (Å²) in [6.07, 6.45) is 0.862. The molecule has 3 heteroatoms. The van der Waals surface area contributed by atoms with Gasteiger partial charge in [0.2, 0.25) is 0 Å². The minimum Gasteiger partial charge on any atom is -0.418 e. The summed E-state index contributed by atoms with van der Waals surface area (Å²) >= 11 is 0. The van der Waals surface area contributed by atoms with E-state index in [9.17, 15) is 0 Å². The summed E-state index contributed by atoms with van der Waals surface area (Å²) in [5.41, 5.74) is 2.18. The summed E-state index contributed by atoms with van der Waals surface area (Å²) in [6, 6.07) is 55.9. The van der Waals surface area contributed by atoms with Crippen LogP contribution in [0.2, 0.25) is 0 Å². The van der Waals surface area contributed by atoms with Crippen molar-refractivity contribution in [1.82, 2.24) is 0 Å². The Hall–Kier alpha value is -3.29. The van der Waals surface area contributed by atoms with E-state index in [1.165, 1.54) is 27.0 Å². The zero-order valence-electron chi connectivity index (χ0n) is 24.1. The lowest BCUT2D eigenvalue weighted by Gasteiger charge is -2.48. The van der Waals surface area contributed by atoms with Crippen LogP contribution in [-0.2, 0) is 10.0 Å². The maximum absolute atomic E-state index is 6.90. The van der Waals surface area contributed by atoms with Crippen LogP contribution in [0.25, 0.3) is 0 Å². The van der Waals surface area contributed by atoms with Crippen molar-refractivity contribution in [2.75, 3.05) is 0 Å². The van der Waals surface area contributed by atoms with Gasteiger partial charge < -0.3 is 4.43 Å². The van der Waals surface area contributed by atoms with Crippen molar-refractivity contribution in [3.8, 4) is 0 Å². The van der Waals surface area contributed by atoms with Crippen molar-refractivity contribution < 1.29 is 4.43 Å². The van der Waals surface area contributed by atoms with E-state index in [1.54, 1.807) is 0 Å². The first-order chi connectivity index (χ1) is 19.4.